The number of rotatable bonds is 7. The number of aromatic nitrogens is 2. The van der Waals surface area contributed by atoms with Gasteiger partial charge in [0, 0.05) is 18.1 Å². The van der Waals surface area contributed by atoms with Crippen LogP contribution in [0.2, 0.25) is 0 Å². The summed E-state index contributed by atoms with van der Waals surface area (Å²) < 4.78 is 21.5. The van der Waals surface area contributed by atoms with Crippen LogP contribution in [0.3, 0.4) is 0 Å². The largest absolute Gasteiger partial charge is 0.496 e. The third-order valence-corrected chi connectivity index (χ3v) is 6.19. The van der Waals surface area contributed by atoms with Gasteiger partial charge in [0.1, 0.15) is 34.8 Å². The van der Waals surface area contributed by atoms with Crippen molar-refractivity contribution in [2.24, 2.45) is 0 Å². The van der Waals surface area contributed by atoms with Crippen molar-refractivity contribution in [1.82, 2.24) is 4.57 Å². The highest BCUT2D eigenvalue weighted by atomic mass is 16.5. The number of hydrogen-bond donors (Lipinski definition) is 1. The molecule has 0 radical (unpaired) electrons. The molecule has 0 saturated carbocycles. The topological polar surface area (TPSA) is 48.5 Å². The van der Waals surface area contributed by atoms with Gasteiger partial charge in [-0.3, -0.25) is 5.32 Å². The first-order valence-electron chi connectivity index (χ1n) is 11.7. The van der Waals surface area contributed by atoms with Gasteiger partial charge in [-0.1, -0.05) is 30.3 Å². The highest BCUT2D eigenvalue weighted by Gasteiger charge is 2.28. The second kappa shape index (κ2) is 9.51. The minimum absolute atomic E-state index is 0.623. The molecule has 2 heterocycles. The van der Waals surface area contributed by atoms with Gasteiger partial charge in [-0.25, -0.2) is 9.13 Å². The number of nitrogens with one attached hydrogen (secondary N) is 1. The van der Waals surface area contributed by atoms with Crippen LogP contribution < -0.4 is 24.1 Å². The molecule has 34 heavy (non-hydrogen) atoms. The number of para-hydroxylation sites is 1. The van der Waals surface area contributed by atoms with Crippen molar-refractivity contribution >= 4 is 5.95 Å². The van der Waals surface area contributed by atoms with E-state index in [0.717, 1.165) is 70.8 Å². The molecule has 0 aliphatic carbocycles. The lowest BCUT2D eigenvalue weighted by Crippen LogP contribution is -2.43. The number of ether oxygens (including phenoxy) is 3. The molecular formula is C28H30N3O3+. The van der Waals surface area contributed by atoms with Gasteiger partial charge in [0.05, 0.1) is 39.5 Å². The number of imidazole rings is 1. The number of benzene rings is 3. The molecule has 0 amide bonds. The van der Waals surface area contributed by atoms with Gasteiger partial charge < -0.3 is 14.2 Å². The quantitative estimate of drug-likeness (QED) is 0.382. The first kappa shape index (κ1) is 21.9. The highest BCUT2D eigenvalue weighted by molar-refractivity contribution is 5.72. The predicted molar refractivity (Wildman–Crippen MR) is 134 cm³/mol. The van der Waals surface area contributed by atoms with Crippen LogP contribution in [0.1, 0.15) is 13.3 Å². The van der Waals surface area contributed by atoms with Gasteiger partial charge in [0.15, 0.2) is 0 Å². The Hall–Kier alpha value is -3.93. The Balaban J connectivity index is 1.57. The van der Waals surface area contributed by atoms with E-state index < -0.39 is 0 Å². The number of nitrogens with zero attached hydrogens (tertiary/aromatic N) is 2. The Morgan fingerprint density at radius 2 is 1.71 bits per heavy atom. The normalized spacial score (nSPS) is 12.6. The molecule has 174 valence electrons. The van der Waals surface area contributed by atoms with Crippen molar-refractivity contribution < 1.29 is 18.8 Å². The average Bonchev–Trinajstić information content (AvgIpc) is 3.28. The van der Waals surface area contributed by atoms with Gasteiger partial charge in [0.2, 0.25) is 0 Å². The molecule has 0 bridgehead atoms. The first-order valence-corrected chi connectivity index (χ1v) is 11.7. The second-order valence-electron chi connectivity index (χ2n) is 8.18. The van der Waals surface area contributed by atoms with E-state index in [-0.39, 0.29) is 0 Å². The lowest BCUT2D eigenvalue weighted by molar-refractivity contribution is -0.675. The maximum absolute atomic E-state index is 5.74. The van der Waals surface area contributed by atoms with Crippen molar-refractivity contribution in [3.8, 4) is 45.3 Å². The highest BCUT2D eigenvalue weighted by Crippen LogP contribution is 2.35. The molecule has 1 aliphatic rings. The monoisotopic (exact) mass is 456 g/mol. The Bertz CT molecular complexity index is 1300. The smallest absolute Gasteiger partial charge is 0.362 e. The fourth-order valence-electron chi connectivity index (χ4n) is 4.58. The van der Waals surface area contributed by atoms with E-state index >= 15 is 0 Å². The van der Waals surface area contributed by atoms with Crippen molar-refractivity contribution in [1.29, 1.82) is 0 Å². The van der Waals surface area contributed by atoms with E-state index in [2.05, 4.69) is 57.0 Å². The van der Waals surface area contributed by atoms with Gasteiger partial charge in [-0.2, -0.15) is 0 Å². The van der Waals surface area contributed by atoms with Gasteiger partial charge in [-0.05, 0) is 42.8 Å². The van der Waals surface area contributed by atoms with Crippen LogP contribution in [0.5, 0.6) is 17.2 Å². The number of anilines is 1. The van der Waals surface area contributed by atoms with E-state index in [1.807, 2.05) is 37.3 Å². The fraction of sp³-hybridized carbons (Fsp3) is 0.250. The van der Waals surface area contributed by atoms with E-state index in [1.165, 1.54) is 0 Å². The van der Waals surface area contributed by atoms with Crippen molar-refractivity contribution in [2.45, 2.75) is 19.9 Å². The van der Waals surface area contributed by atoms with E-state index in [4.69, 9.17) is 14.2 Å². The van der Waals surface area contributed by atoms with Crippen LogP contribution in [0.4, 0.5) is 5.95 Å². The minimum Gasteiger partial charge on any atom is -0.496 e. The number of fused-ring (bicyclic) bond motifs is 1. The summed E-state index contributed by atoms with van der Waals surface area (Å²) >= 11 is 0. The molecule has 3 aromatic carbocycles. The molecule has 6 heteroatoms. The second-order valence-corrected chi connectivity index (χ2v) is 8.18. The van der Waals surface area contributed by atoms with Crippen molar-refractivity contribution in [3.05, 3.63) is 72.9 Å². The SMILES string of the molecule is CCOc1ccc(-c2cn(-c3ccc(-c4ccccc4OC)cc3)c3[n+]2CCCN3)c(OC)c1. The molecule has 0 saturated heterocycles. The summed E-state index contributed by atoms with van der Waals surface area (Å²) in [6.45, 7) is 4.50. The molecule has 1 N–H and O–H groups in total. The molecule has 6 nitrogen and oxygen atoms in total. The van der Waals surface area contributed by atoms with E-state index in [9.17, 15) is 0 Å². The molecule has 1 aliphatic heterocycles. The van der Waals surface area contributed by atoms with E-state index in [0.29, 0.717) is 6.61 Å². The maximum atomic E-state index is 5.74. The van der Waals surface area contributed by atoms with Crippen molar-refractivity contribution in [3.63, 3.8) is 0 Å². The summed E-state index contributed by atoms with van der Waals surface area (Å²) in [7, 11) is 3.41. The summed E-state index contributed by atoms with van der Waals surface area (Å²) in [6, 6.07) is 22.7. The summed E-state index contributed by atoms with van der Waals surface area (Å²) in [6.07, 6.45) is 3.25. The standard InChI is InChI=1S/C28H29N3O3/c1-4-34-22-14-15-24(27(18-22)33-3)25-19-31(28-29-16-7-17-30(25)28)21-12-10-20(11-13-21)23-8-5-6-9-26(23)32-2/h5-6,8-15,18-19H,4,7,16-17H2,1-3H3/p+1. The zero-order chi connectivity index (χ0) is 23.5. The Labute approximate surface area is 200 Å². The average molecular weight is 457 g/mol. The van der Waals surface area contributed by atoms with Crippen LogP contribution in [0, 0.1) is 0 Å². The van der Waals surface area contributed by atoms with Gasteiger partial charge in [-0.15, -0.1) is 0 Å². The van der Waals surface area contributed by atoms with Crippen molar-refractivity contribution in [2.75, 3.05) is 32.7 Å². The zero-order valence-corrected chi connectivity index (χ0v) is 19.9. The minimum atomic E-state index is 0.623. The van der Waals surface area contributed by atoms with Crippen LogP contribution in [0.15, 0.2) is 72.9 Å². The molecular weight excluding hydrogens is 426 g/mol. The Morgan fingerprint density at radius 3 is 2.47 bits per heavy atom. The Morgan fingerprint density at radius 1 is 0.912 bits per heavy atom. The lowest BCUT2D eigenvalue weighted by Gasteiger charge is -2.14. The predicted octanol–water partition coefficient (Wildman–Crippen LogP) is 5.33. The molecule has 0 atom stereocenters. The van der Waals surface area contributed by atoms with Crippen LogP contribution in [-0.4, -0.2) is 31.9 Å². The number of hydrogen-bond acceptors (Lipinski definition) is 4. The zero-order valence-electron chi connectivity index (χ0n) is 19.9. The van der Waals surface area contributed by atoms with E-state index in [1.54, 1.807) is 14.2 Å². The third kappa shape index (κ3) is 3.96. The van der Waals surface area contributed by atoms with Crippen LogP contribution in [0.25, 0.3) is 28.1 Å². The molecule has 0 unspecified atom stereocenters. The number of methoxy groups -OCH3 is 2. The maximum Gasteiger partial charge on any atom is 0.362 e. The summed E-state index contributed by atoms with van der Waals surface area (Å²) in [5.74, 6) is 3.56. The molecule has 0 spiro atoms. The third-order valence-electron chi connectivity index (χ3n) is 6.19. The molecule has 0 fully saturated rings. The van der Waals surface area contributed by atoms with Crippen LogP contribution in [-0.2, 0) is 6.54 Å². The summed E-state index contributed by atoms with van der Waals surface area (Å²) in [5, 5.41) is 3.59. The fourth-order valence-corrected chi connectivity index (χ4v) is 4.58. The Kier molecular flexibility index (Phi) is 6.12. The van der Waals surface area contributed by atoms with Gasteiger partial charge in [0.25, 0.3) is 0 Å². The lowest BCUT2D eigenvalue weighted by atomic mass is 10.0. The first-order chi connectivity index (χ1) is 16.7. The molecule has 5 rings (SSSR count). The summed E-state index contributed by atoms with van der Waals surface area (Å²) in [5.41, 5.74) is 5.44. The molecule has 1 aromatic heterocycles. The summed E-state index contributed by atoms with van der Waals surface area (Å²) in [4.78, 5) is 0. The van der Waals surface area contributed by atoms with Gasteiger partial charge >= 0.3 is 5.95 Å². The molecule has 4 aromatic rings. The van der Waals surface area contributed by atoms with Crippen LogP contribution >= 0.6 is 0 Å².